The minimum absolute atomic E-state index is 0.461. The number of nitrogens with zero attached hydrogens (tertiary/aromatic N) is 4. The lowest BCUT2D eigenvalue weighted by Gasteiger charge is -2.22. The summed E-state index contributed by atoms with van der Waals surface area (Å²) in [5, 5.41) is 7.05. The second kappa shape index (κ2) is 9.22. The van der Waals surface area contributed by atoms with Crippen molar-refractivity contribution in [2.24, 2.45) is 10.9 Å². The molecule has 27 heavy (non-hydrogen) atoms. The highest BCUT2D eigenvalue weighted by Gasteiger charge is 2.31. The van der Waals surface area contributed by atoms with E-state index in [2.05, 4.69) is 71.0 Å². The normalized spacial score (nSPS) is 21.3. The molecule has 6 heteroatoms. The van der Waals surface area contributed by atoms with Crippen LogP contribution in [0.4, 0.5) is 0 Å². The number of aryl methyl sites for hydroxylation is 1. The zero-order valence-electron chi connectivity index (χ0n) is 17.2. The molecular weight excluding hydrogens is 336 g/mol. The predicted molar refractivity (Wildman–Crippen MR) is 113 cm³/mol. The fraction of sp³-hybridized carbons (Fsp3) is 0.619. The Morgan fingerprint density at radius 1 is 1.30 bits per heavy atom. The van der Waals surface area contributed by atoms with Crippen molar-refractivity contribution in [1.29, 1.82) is 0 Å². The minimum atomic E-state index is 0.461. The zero-order chi connectivity index (χ0) is 19.2. The van der Waals surface area contributed by atoms with Gasteiger partial charge in [0, 0.05) is 44.8 Å². The van der Waals surface area contributed by atoms with Gasteiger partial charge < -0.3 is 15.2 Å². The summed E-state index contributed by atoms with van der Waals surface area (Å²) in [6, 6.07) is 9.34. The molecule has 1 saturated heterocycles. The second-order valence-corrected chi connectivity index (χ2v) is 7.82. The largest absolute Gasteiger partial charge is 0.357 e. The summed E-state index contributed by atoms with van der Waals surface area (Å²) in [5.41, 5.74) is 2.25. The van der Waals surface area contributed by atoms with Gasteiger partial charge in [-0.3, -0.25) is 9.89 Å². The first-order valence-electron chi connectivity index (χ1n) is 10.3. The number of guanidine groups is 1. The number of fused-ring (bicyclic) bond motifs is 1. The van der Waals surface area contributed by atoms with Gasteiger partial charge in [-0.15, -0.1) is 0 Å². The van der Waals surface area contributed by atoms with Crippen molar-refractivity contribution in [2.75, 3.05) is 26.2 Å². The number of likely N-dealkylation sites (tertiary alicyclic amines) is 1. The molecule has 1 aromatic heterocycles. The molecule has 3 rings (SSSR count). The van der Waals surface area contributed by atoms with Crippen molar-refractivity contribution < 1.29 is 0 Å². The van der Waals surface area contributed by atoms with Crippen LogP contribution < -0.4 is 10.6 Å². The van der Waals surface area contributed by atoms with E-state index in [-0.39, 0.29) is 0 Å². The lowest BCUT2D eigenvalue weighted by molar-refractivity contribution is 0.265. The summed E-state index contributed by atoms with van der Waals surface area (Å²) in [4.78, 5) is 11.8. The van der Waals surface area contributed by atoms with Crippen LogP contribution in [0.5, 0.6) is 0 Å². The van der Waals surface area contributed by atoms with Crippen LogP contribution in [0.2, 0.25) is 0 Å². The smallest absolute Gasteiger partial charge is 0.191 e. The van der Waals surface area contributed by atoms with Gasteiger partial charge in [-0.05, 0) is 45.2 Å². The summed E-state index contributed by atoms with van der Waals surface area (Å²) >= 11 is 0. The van der Waals surface area contributed by atoms with Gasteiger partial charge in [0.25, 0.3) is 0 Å². The number of imidazole rings is 1. The number of aromatic nitrogens is 2. The van der Waals surface area contributed by atoms with Gasteiger partial charge in [-0.1, -0.05) is 19.1 Å². The molecule has 2 aromatic rings. The Hall–Kier alpha value is -2.08. The monoisotopic (exact) mass is 370 g/mol. The predicted octanol–water partition coefficient (Wildman–Crippen LogP) is 2.71. The number of hydrogen-bond donors (Lipinski definition) is 2. The van der Waals surface area contributed by atoms with Gasteiger partial charge >= 0.3 is 0 Å². The molecule has 1 aromatic carbocycles. The fourth-order valence-corrected chi connectivity index (χ4v) is 3.73. The summed E-state index contributed by atoms with van der Waals surface area (Å²) in [6.07, 6.45) is 2.92. The van der Waals surface area contributed by atoms with Crippen LogP contribution in [-0.2, 0) is 6.54 Å². The maximum atomic E-state index is 4.80. The van der Waals surface area contributed by atoms with E-state index < -0.39 is 0 Å². The molecular formula is C21H34N6. The van der Waals surface area contributed by atoms with Gasteiger partial charge in [0.15, 0.2) is 5.96 Å². The average Bonchev–Trinajstić information content (AvgIpc) is 3.23. The molecule has 2 N–H and O–H groups in total. The average molecular weight is 371 g/mol. The molecule has 0 bridgehead atoms. The molecule has 1 fully saturated rings. The quantitative estimate of drug-likeness (QED) is 0.447. The number of para-hydroxylation sites is 2. The Bertz CT molecular complexity index is 750. The SMILES string of the molecule is CCNC(=NCCCn1cnc2ccccc21)NC1CN(C(C)C)CC1C. The molecule has 0 radical (unpaired) electrons. The van der Waals surface area contributed by atoms with Gasteiger partial charge in [0.1, 0.15) is 0 Å². The Morgan fingerprint density at radius 3 is 2.85 bits per heavy atom. The number of hydrogen-bond acceptors (Lipinski definition) is 3. The number of nitrogens with one attached hydrogen (secondary N) is 2. The van der Waals surface area contributed by atoms with Crippen LogP contribution in [0.3, 0.4) is 0 Å². The summed E-state index contributed by atoms with van der Waals surface area (Å²) in [5.74, 6) is 1.57. The van der Waals surface area contributed by atoms with Gasteiger partial charge in [-0.2, -0.15) is 0 Å². The van der Waals surface area contributed by atoms with E-state index in [9.17, 15) is 0 Å². The van der Waals surface area contributed by atoms with Gasteiger partial charge in [0.2, 0.25) is 0 Å². The molecule has 0 saturated carbocycles. The maximum Gasteiger partial charge on any atom is 0.191 e. The Balaban J connectivity index is 1.53. The zero-order valence-corrected chi connectivity index (χ0v) is 17.2. The van der Waals surface area contributed by atoms with Crippen molar-refractivity contribution >= 4 is 17.0 Å². The summed E-state index contributed by atoms with van der Waals surface area (Å²) < 4.78 is 2.21. The standard InChI is InChI=1S/C21H34N6/c1-5-22-21(25-19-14-27(16(2)3)13-17(19)4)23-11-8-12-26-15-24-18-9-6-7-10-20(18)26/h6-7,9-10,15-17,19H,5,8,11-14H2,1-4H3,(H2,22,23,25). The van der Waals surface area contributed by atoms with Crippen molar-refractivity contribution in [1.82, 2.24) is 25.1 Å². The molecule has 6 nitrogen and oxygen atoms in total. The van der Waals surface area contributed by atoms with Crippen molar-refractivity contribution in [2.45, 2.75) is 52.7 Å². The van der Waals surface area contributed by atoms with E-state index in [0.29, 0.717) is 18.0 Å². The third-order valence-corrected chi connectivity index (χ3v) is 5.39. The topological polar surface area (TPSA) is 57.5 Å². The molecule has 1 aliphatic rings. The van der Waals surface area contributed by atoms with E-state index >= 15 is 0 Å². The third-order valence-electron chi connectivity index (χ3n) is 5.39. The van der Waals surface area contributed by atoms with Crippen LogP contribution in [-0.4, -0.2) is 58.7 Å². The van der Waals surface area contributed by atoms with Crippen LogP contribution in [0.1, 0.15) is 34.1 Å². The molecule has 2 unspecified atom stereocenters. The molecule has 2 atom stereocenters. The van der Waals surface area contributed by atoms with Crippen molar-refractivity contribution in [3.63, 3.8) is 0 Å². The van der Waals surface area contributed by atoms with Crippen LogP contribution in [0.25, 0.3) is 11.0 Å². The molecule has 0 amide bonds. The van der Waals surface area contributed by atoms with E-state index in [1.165, 1.54) is 5.52 Å². The summed E-state index contributed by atoms with van der Waals surface area (Å²) in [6.45, 7) is 13.9. The van der Waals surface area contributed by atoms with Crippen molar-refractivity contribution in [3.05, 3.63) is 30.6 Å². The van der Waals surface area contributed by atoms with Crippen molar-refractivity contribution in [3.8, 4) is 0 Å². The van der Waals surface area contributed by atoms with Crippen LogP contribution in [0, 0.1) is 5.92 Å². The minimum Gasteiger partial charge on any atom is -0.357 e. The lowest BCUT2D eigenvalue weighted by atomic mass is 10.1. The first-order chi connectivity index (χ1) is 13.1. The highest BCUT2D eigenvalue weighted by atomic mass is 15.3. The molecule has 1 aliphatic heterocycles. The fourth-order valence-electron chi connectivity index (χ4n) is 3.73. The number of rotatable bonds is 7. The van der Waals surface area contributed by atoms with E-state index in [1.54, 1.807) is 0 Å². The first-order valence-corrected chi connectivity index (χ1v) is 10.3. The molecule has 0 aliphatic carbocycles. The van der Waals surface area contributed by atoms with E-state index in [0.717, 1.165) is 50.6 Å². The van der Waals surface area contributed by atoms with Crippen LogP contribution in [0.15, 0.2) is 35.6 Å². The summed E-state index contributed by atoms with van der Waals surface area (Å²) in [7, 11) is 0. The van der Waals surface area contributed by atoms with E-state index in [4.69, 9.17) is 4.99 Å². The van der Waals surface area contributed by atoms with Gasteiger partial charge in [0.05, 0.1) is 17.4 Å². The van der Waals surface area contributed by atoms with E-state index in [1.807, 2.05) is 12.4 Å². The molecule has 2 heterocycles. The van der Waals surface area contributed by atoms with Crippen LogP contribution >= 0.6 is 0 Å². The highest BCUT2D eigenvalue weighted by molar-refractivity contribution is 5.80. The number of aliphatic imine (C=N–C) groups is 1. The lowest BCUT2D eigenvalue weighted by Crippen LogP contribution is -2.46. The second-order valence-electron chi connectivity index (χ2n) is 7.82. The Labute approximate surface area is 163 Å². The maximum absolute atomic E-state index is 4.80. The Morgan fingerprint density at radius 2 is 2.11 bits per heavy atom. The molecule has 0 spiro atoms. The first kappa shape index (κ1) is 19.7. The third kappa shape index (κ3) is 5.01. The molecule has 148 valence electrons. The van der Waals surface area contributed by atoms with Gasteiger partial charge in [-0.25, -0.2) is 4.98 Å². The Kier molecular flexibility index (Phi) is 6.72. The number of benzene rings is 1. The highest BCUT2D eigenvalue weighted by Crippen LogP contribution is 2.18.